The van der Waals surface area contributed by atoms with Crippen LogP contribution in [0.1, 0.15) is 31.4 Å². The Morgan fingerprint density at radius 2 is 2.17 bits per heavy atom. The number of nitrogens with one attached hydrogen (secondary N) is 2. The second kappa shape index (κ2) is 5.87. The molecule has 1 saturated carbocycles. The van der Waals surface area contributed by atoms with Gasteiger partial charge in [-0.3, -0.25) is 4.79 Å². The molecule has 0 spiro atoms. The SMILES string of the molecule is COc1ccccc1[C@H](C)NC(=O)CNC1CC1. The van der Waals surface area contributed by atoms with Crippen LogP contribution in [0.5, 0.6) is 5.75 Å². The molecule has 4 nitrogen and oxygen atoms in total. The summed E-state index contributed by atoms with van der Waals surface area (Å²) < 4.78 is 5.29. The molecule has 0 bridgehead atoms. The molecule has 98 valence electrons. The molecule has 4 heteroatoms. The van der Waals surface area contributed by atoms with Crippen molar-refractivity contribution in [3.63, 3.8) is 0 Å². The molecule has 1 amide bonds. The number of ether oxygens (including phenoxy) is 1. The molecule has 0 aliphatic heterocycles. The Bertz CT molecular complexity index is 416. The van der Waals surface area contributed by atoms with E-state index in [0.717, 1.165) is 11.3 Å². The van der Waals surface area contributed by atoms with Crippen LogP contribution in [0.2, 0.25) is 0 Å². The molecule has 1 aliphatic rings. The Morgan fingerprint density at radius 1 is 1.44 bits per heavy atom. The Morgan fingerprint density at radius 3 is 2.83 bits per heavy atom. The third-order valence-electron chi connectivity index (χ3n) is 3.11. The van der Waals surface area contributed by atoms with Gasteiger partial charge in [-0.15, -0.1) is 0 Å². The van der Waals surface area contributed by atoms with Gasteiger partial charge in [-0.1, -0.05) is 18.2 Å². The van der Waals surface area contributed by atoms with Crippen molar-refractivity contribution in [2.75, 3.05) is 13.7 Å². The molecular weight excluding hydrogens is 228 g/mol. The lowest BCUT2D eigenvalue weighted by molar-refractivity contribution is -0.120. The van der Waals surface area contributed by atoms with Crippen molar-refractivity contribution in [3.05, 3.63) is 29.8 Å². The molecule has 2 rings (SSSR count). The van der Waals surface area contributed by atoms with Crippen LogP contribution in [0.15, 0.2) is 24.3 Å². The predicted molar refractivity (Wildman–Crippen MR) is 70.6 cm³/mol. The van der Waals surface area contributed by atoms with Gasteiger partial charge in [-0.05, 0) is 25.8 Å². The fourth-order valence-electron chi connectivity index (χ4n) is 1.92. The van der Waals surface area contributed by atoms with E-state index in [9.17, 15) is 4.79 Å². The van der Waals surface area contributed by atoms with Crippen molar-refractivity contribution in [1.29, 1.82) is 0 Å². The van der Waals surface area contributed by atoms with Crippen LogP contribution in [0.25, 0.3) is 0 Å². The Labute approximate surface area is 108 Å². The molecule has 0 radical (unpaired) electrons. The van der Waals surface area contributed by atoms with Gasteiger partial charge in [0, 0.05) is 11.6 Å². The Balaban J connectivity index is 1.89. The first-order valence-electron chi connectivity index (χ1n) is 6.36. The summed E-state index contributed by atoms with van der Waals surface area (Å²) >= 11 is 0. The van der Waals surface area contributed by atoms with Gasteiger partial charge in [-0.25, -0.2) is 0 Å². The van der Waals surface area contributed by atoms with Crippen molar-refractivity contribution >= 4 is 5.91 Å². The lowest BCUT2D eigenvalue weighted by Gasteiger charge is -2.17. The van der Waals surface area contributed by atoms with Gasteiger partial charge in [-0.2, -0.15) is 0 Å². The molecule has 1 atom stereocenters. The number of methoxy groups -OCH3 is 1. The van der Waals surface area contributed by atoms with Crippen LogP contribution in [0, 0.1) is 0 Å². The maximum Gasteiger partial charge on any atom is 0.234 e. The summed E-state index contributed by atoms with van der Waals surface area (Å²) in [5, 5.41) is 6.17. The van der Waals surface area contributed by atoms with E-state index in [1.165, 1.54) is 12.8 Å². The minimum Gasteiger partial charge on any atom is -0.496 e. The minimum atomic E-state index is -0.0466. The highest BCUT2D eigenvalue weighted by Crippen LogP contribution is 2.24. The predicted octanol–water partition coefficient (Wildman–Crippen LogP) is 1.62. The highest BCUT2D eigenvalue weighted by atomic mass is 16.5. The zero-order valence-corrected chi connectivity index (χ0v) is 10.9. The van der Waals surface area contributed by atoms with E-state index in [4.69, 9.17) is 4.74 Å². The maximum atomic E-state index is 11.7. The smallest absolute Gasteiger partial charge is 0.234 e. The van der Waals surface area contributed by atoms with E-state index in [0.29, 0.717) is 12.6 Å². The van der Waals surface area contributed by atoms with E-state index in [1.54, 1.807) is 7.11 Å². The summed E-state index contributed by atoms with van der Waals surface area (Å²) in [5.74, 6) is 0.834. The summed E-state index contributed by atoms with van der Waals surface area (Å²) in [6.07, 6.45) is 2.38. The zero-order chi connectivity index (χ0) is 13.0. The van der Waals surface area contributed by atoms with E-state index in [1.807, 2.05) is 31.2 Å². The van der Waals surface area contributed by atoms with Gasteiger partial charge in [0.1, 0.15) is 5.75 Å². The standard InChI is InChI=1S/C14H20N2O2/c1-10(12-5-3-4-6-13(12)18-2)16-14(17)9-15-11-7-8-11/h3-6,10-11,15H,7-9H2,1-2H3,(H,16,17)/t10-/m0/s1. The molecule has 1 aromatic carbocycles. The molecule has 1 fully saturated rings. The van der Waals surface area contributed by atoms with Gasteiger partial charge in [0.2, 0.25) is 5.91 Å². The lowest BCUT2D eigenvalue weighted by Crippen LogP contribution is -2.36. The molecular formula is C14H20N2O2. The molecule has 1 aliphatic carbocycles. The topological polar surface area (TPSA) is 50.4 Å². The Kier molecular flexibility index (Phi) is 4.20. The zero-order valence-electron chi connectivity index (χ0n) is 10.9. The second-order valence-corrected chi connectivity index (χ2v) is 4.69. The van der Waals surface area contributed by atoms with Crippen LogP contribution in [-0.2, 0) is 4.79 Å². The molecule has 1 aromatic rings. The number of hydrogen-bond donors (Lipinski definition) is 2. The summed E-state index contributed by atoms with van der Waals surface area (Å²) in [6.45, 7) is 2.36. The van der Waals surface area contributed by atoms with E-state index < -0.39 is 0 Å². The average Bonchev–Trinajstić information content (AvgIpc) is 3.20. The largest absolute Gasteiger partial charge is 0.496 e. The third-order valence-corrected chi connectivity index (χ3v) is 3.11. The number of rotatable bonds is 6. The summed E-state index contributed by atoms with van der Waals surface area (Å²) in [4.78, 5) is 11.7. The lowest BCUT2D eigenvalue weighted by atomic mass is 10.1. The molecule has 0 saturated heterocycles. The monoisotopic (exact) mass is 248 g/mol. The summed E-state index contributed by atoms with van der Waals surface area (Å²) in [6, 6.07) is 8.25. The highest BCUT2D eigenvalue weighted by Gasteiger charge is 2.21. The number of hydrogen-bond acceptors (Lipinski definition) is 3. The maximum absolute atomic E-state index is 11.7. The van der Waals surface area contributed by atoms with Gasteiger partial charge in [0.05, 0.1) is 19.7 Å². The number of para-hydroxylation sites is 1. The van der Waals surface area contributed by atoms with E-state index in [-0.39, 0.29) is 11.9 Å². The number of benzene rings is 1. The molecule has 0 aromatic heterocycles. The molecule has 2 N–H and O–H groups in total. The minimum absolute atomic E-state index is 0.0281. The number of carbonyl (C=O) groups excluding carboxylic acids is 1. The van der Waals surface area contributed by atoms with Crippen molar-refractivity contribution in [3.8, 4) is 5.75 Å². The number of amides is 1. The second-order valence-electron chi connectivity index (χ2n) is 4.69. The van der Waals surface area contributed by atoms with Crippen molar-refractivity contribution in [2.45, 2.75) is 31.8 Å². The Hall–Kier alpha value is -1.55. The van der Waals surface area contributed by atoms with Crippen LogP contribution in [-0.4, -0.2) is 25.6 Å². The van der Waals surface area contributed by atoms with Crippen LogP contribution >= 0.6 is 0 Å². The van der Waals surface area contributed by atoms with Crippen LogP contribution < -0.4 is 15.4 Å². The molecule has 0 unspecified atom stereocenters. The van der Waals surface area contributed by atoms with Crippen molar-refractivity contribution < 1.29 is 9.53 Å². The van der Waals surface area contributed by atoms with Gasteiger partial charge in [0.15, 0.2) is 0 Å². The van der Waals surface area contributed by atoms with Crippen LogP contribution in [0.3, 0.4) is 0 Å². The fourth-order valence-corrected chi connectivity index (χ4v) is 1.92. The van der Waals surface area contributed by atoms with E-state index >= 15 is 0 Å². The van der Waals surface area contributed by atoms with Crippen molar-refractivity contribution in [1.82, 2.24) is 10.6 Å². The summed E-state index contributed by atoms with van der Waals surface area (Å²) in [7, 11) is 1.64. The van der Waals surface area contributed by atoms with Gasteiger partial charge < -0.3 is 15.4 Å². The fraction of sp³-hybridized carbons (Fsp3) is 0.500. The first-order chi connectivity index (χ1) is 8.70. The highest BCUT2D eigenvalue weighted by molar-refractivity contribution is 5.78. The average molecular weight is 248 g/mol. The first kappa shape index (κ1) is 12.9. The normalized spacial score (nSPS) is 16.1. The van der Waals surface area contributed by atoms with E-state index in [2.05, 4.69) is 10.6 Å². The third kappa shape index (κ3) is 3.47. The van der Waals surface area contributed by atoms with Gasteiger partial charge in [0.25, 0.3) is 0 Å². The quantitative estimate of drug-likeness (QED) is 0.804. The number of carbonyl (C=O) groups is 1. The summed E-state index contributed by atoms with van der Waals surface area (Å²) in [5.41, 5.74) is 1.000. The van der Waals surface area contributed by atoms with Crippen LogP contribution in [0.4, 0.5) is 0 Å². The van der Waals surface area contributed by atoms with Crippen molar-refractivity contribution in [2.24, 2.45) is 0 Å². The molecule has 18 heavy (non-hydrogen) atoms. The van der Waals surface area contributed by atoms with Gasteiger partial charge >= 0.3 is 0 Å². The molecule has 0 heterocycles. The first-order valence-corrected chi connectivity index (χ1v) is 6.36.